The molecule has 0 radical (unpaired) electrons. The summed E-state index contributed by atoms with van der Waals surface area (Å²) in [7, 11) is 0. The monoisotopic (exact) mass is 358 g/mol. The van der Waals surface area contributed by atoms with Crippen molar-refractivity contribution in [1.29, 1.82) is 0 Å². The van der Waals surface area contributed by atoms with Gasteiger partial charge in [0.25, 0.3) is 0 Å². The normalized spacial score (nSPS) is 11.9. The Balaban J connectivity index is 2.25. The van der Waals surface area contributed by atoms with Crippen molar-refractivity contribution in [3.63, 3.8) is 0 Å². The zero-order valence-corrected chi connectivity index (χ0v) is 12.7. The van der Waals surface area contributed by atoms with E-state index in [1.54, 1.807) is 18.2 Å². The first kappa shape index (κ1) is 15.8. The van der Waals surface area contributed by atoms with E-state index < -0.39 is 11.7 Å². The van der Waals surface area contributed by atoms with Crippen molar-refractivity contribution < 1.29 is 18.0 Å². The van der Waals surface area contributed by atoms with Gasteiger partial charge in [0.1, 0.15) is 12.0 Å². The van der Waals surface area contributed by atoms with Crippen LogP contribution in [0.15, 0.2) is 36.5 Å². The summed E-state index contributed by atoms with van der Waals surface area (Å²) in [6, 6.07) is 6.42. The molecular weight excluding hydrogens is 352 g/mol. The largest absolute Gasteiger partial charge is 0.416 e. The van der Waals surface area contributed by atoms with Gasteiger partial charge < -0.3 is 0 Å². The van der Waals surface area contributed by atoms with Crippen molar-refractivity contribution in [3.05, 3.63) is 57.7 Å². The lowest BCUT2D eigenvalue weighted by molar-refractivity contribution is -0.137. The molecule has 23 heavy (non-hydrogen) atoms. The summed E-state index contributed by atoms with van der Waals surface area (Å²) in [5, 5.41) is 4.42. The minimum atomic E-state index is -4.55. The lowest BCUT2D eigenvalue weighted by Crippen LogP contribution is -2.07. The number of hydrogen-bond donors (Lipinski definition) is 0. The van der Waals surface area contributed by atoms with Gasteiger partial charge in [0.2, 0.25) is 0 Å². The van der Waals surface area contributed by atoms with E-state index in [0.717, 1.165) is 12.1 Å². The Labute approximate surface area is 138 Å². The van der Waals surface area contributed by atoms with Crippen LogP contribution in [-0.4, -0.2) is 16.1 Å². The predicted octanol–water partition coefficient (Wildman–Crippen LogP) is 5.16. The van der Waals surface area contributed by atoms with Crippen molar-refractivity contribution in [1.82, 2.24) is 9.78 Å². The average molecular weight is 359 g/mol. The van der Waals surface area contributed by atoms with Crippen molar-refractivity contribution in [2.45, 2.75) is 6.18 Å². The summed E-state index contributed by atoms with van der Waals surface area (Å²) in [6.45, 7) is 0. The summed E-state index contributed by atoms with van der Waals surface area (Å²) in [6.07, 6.45) is -2.39. The van der Waals surface area contributed by atoms with Crippen LogP contribution in [0.1, 0.15) is 15.9 Å². The minimum absolute atomic E-state index is 0.124. The standard InChI is InChI=1S/C15H7Cl2F3N2O/c16-11-4-10(15(18,19)20)5-12(17)14(11)22-13-3-8(7-23)1-2-9(13)6-21-22/h1-7H. The van der Waals surface area contributed by atoms with Crippen molar-refractivity contribution >= 4 is 40.4 Å². The van der Waals surface area contributed by atoms with Crippen LogP contribution in [0.25, 0.3) is 16.6 Å². The van der Waals surface area contributed by atoms with E-state index in [1.807, 2.05) is 0 Å². The molecule has 0 atom stereocenters. The fourth-order valence-electron chi connectivity index (χ4n) is 2.22. The van der Waals surface area contributed by atoms with Crippen LogP contribution in [0, 0.1) is 0 Å². The maximum absolute atomic E-state index is 12.8. The Hall–Kier alpha value is -2.05. The van der Waals surface area contributed by atoms with Gasteiger partial charge in [0.05, 0.1) is 27.3 Å². The smallest absolute Gasteiger partial charge is 0.298 e. The Morgan fingerprint density at radius 2 is 1.74 bits per heavy atom. The number of benzene rings is 2. The third-order valence-electron chi connectivity index (χ3n) is 3.29. The van der Waals surface area contributed by atoms with Crippen molar-refractivity contribution in [2.24, 2.45) is 0 Å². The van der Waals surface area contributed by atoms with E-state index in [1.165, 1.54) is 10.9 Å². The lowest BCUT2D eigenvalue weighted by Gasteiger charge is -2.13. The molecule has 118 valence electrons. The third kappa shape index (κ3) is 2.80. The van der Waals surface area contributed by atoms with E-state index in [0.29, 0.717) is 22.8 Å². The molecule has 0 aliphatic rings. The van der Waals surface area contributed by atoms with Gasteiger partial charge in [-0.2, -0.15) is 18.3 Å². The zero-order chi connectivity index (χ0) is 16.8. The Morgan fingerprint density at radius 3 is 2.30 bits per heavy atom. The van der Waals surface area contributed by atoms with Crippen LogP contribution in [-0.2, 0) is 6.18 Å². The molecule has 0 saturated carbocycles. The van der Waals surface area contributed by atoms with Gasteiger partial charge in [-0.25, -0.2) is 4.68 Å². The molecule has 0 amide bonds. The fourth-order valence-corrected chi connectivity index (χ4v) is 2.87. The van der Waals surface area contributed by atoms with Crippen LogP contribution in [0.2, 0.25) is 10.0 Å². The summed E-state index contributed by atoms with van der Waals surface area (Å²) < 4.78 is 39.7. The molecule has 2 aromatic carbocycles. The molecule has 1 aromatic heterocycles. The number of halogens is 5. The van der Waals surface area contributed by atoms with E-state index in [-0.39, 0.29) is 15.7 Å². The number of alkyl halides is 3. The Kier molecular flexibility index (Phi) is 3.82. The minimum Gasteiger partial charge on any atom is -0.298 e. The van der Waals surface area contributed by atoms with Crippen LogP contribution in [0.5, 0.6) is 0 Å². The molecule has 0 bridgehead atoms. The number of nitrogens with zero attached hydrogens (tertiary/aromatic N) is 2. The van der Waals surface area contributed by atoms with Crippen LogP contribution in [0.4, 0.5) is 13.2 Å². The van der Waals surface area contributed by atoms with Gasteiger partial charge in [-0.05, 0) is 18.2 Å². The molecule has 3 aromatic rings. The molecule has 1 heterocycles. The molecule has 0 aliphatic carbocycles. The highest BCUT2D eigenvalue weighted by Gasteiger charge is 2.32. The molecule has 0 fully saturated rings. The molecule has 0 aliphatic heterocycles. The van der Waals surface area contributed by atoms with Crippen LogP contribution < -0.4 is 0 Å². The van der Waals surface area contributed by atoms with Gasteiger partial charge in [-0.3, -0.25) is 4.79 Å². The second-order valence-corrected chi connectivity index (χ2v) is 5.59. The first-order valence-electron chi connectivity index (χ1n) is 6.31. The summed E-state index contributed by atoms with van der Waals surface area (Å²) in [5.74, 6) is 0. The van der Waals surface area contributed by atoms with Crippen molar-refractivity contribution in [2.75, 3.05) is 0 Å². The number of aromatic nitrogens is 2. The van der Waals surface area contributed by atoms with Gasteiger partial charge >= 0.3 is 6.18 Å². The van der Waals surface area contributed by atoms with Gasteiger partial charge in [-0.1, -0.05) is 35.3 Å². The molecular formula is C15H7Cl2F3N2O. The third-order valence-corrected chi connectivity index (χ3v) is 3.86. The number of fused-ring (bicyclic) bond motifs is 1. The van der Waals surface area contributed by atoms with Crippen LogP contribution in [0.3, 0.4) is 0 Å². The number of rotatable bonds is 2. The van der Waals surface area contributed by atoms with E-state index in [4.69, 9.17) is 23.2 Å². The highest BCUT2D eigenvalue weighted by Crippen LogP contribution is 2.38. The summed E-state index contributed by atoms with van der Waals surface area (Å²) in [5.41, 5.74) is 0.0947. The molecule has 0 spiro atoms. The topological polar surface area (TPSA) is 34.9 Å². The maximum Gasteiger partial charge on any atom is 0.416 e. The van der Waals surface area contributed by atoms with Gasteiger partial charge in [0, 0.05) is 10.9 Å². The number of hydrogen-bond acceptors (Lipinski definition) is 2. The summed E-state index contributed by atoms with van der Waals surface area (Å²) in [4.78, 5) is 10.9. The molecule has 0 N–H and O–H groups in total. The SMILES string of the molecule is O=Cc1ccc2cnn(-c3c(Cl)cc(C(F)(F)F)cc3Cl)c2c1. The summed E-state index contributed by atoms with van der Waals surface area (Å²) >= 11 is 12.0. The Bertz CT molecular complexity index is 896. The number of aldehydes is 1. The quantitative estimate of drug-likeness (QED) is 0.592. The molecule has 0 saturated heterocycles. The highest BCUT2D eigenvalue weighted by molar-refractivity contribution is 6.38. The van der Waals surface area contributed by atoms with Crippen molar-refractivity contribution in [3.8, 4) is 5.69 Å². The highest BCUT2D eigenvalue weighted by atomic mass is 35.5. The fraction of sp³-hybridized carbons (Fsp3) is 0.0667. The molecule has 8 heteroatoms. The second kappa shape index (κ2) is 5.54. The molecule has 3 nitrogen and oxygen atoms in total. The van der Waals surface area contributed by atoms with Gasteiger partial charge in [-0.15, -0.1) is 0 Å². The number of carbonyl (C=O) groups excluding carboxylic acids is 1. The van der Waals surface area contributed by atoms with Gasteiger partial charge in [0.15, 0.2) is 0 Å². The lowest BCUT2D eigenvalue weighted by atomic mass is 10.1. The Morgan fingerprint density at radius 1 is 1.09 bits per heavy atom. The first-order chi connectivity index (χ1) is 10.8. The molecule has 0 unspecified atom stereocenters. The predicted molar refractivity (Wildman–Crippen MR) is 81.5 cm³/mol. The van der Waals surface area contributed by atoms with Crippen LogP contribution >= 0.6 is 23.2 Å². The van der Waals surface area contributed by atoms with E-state index in [9.17, 15) is 18.0 Å². The zero-order valence-electron chi connectivity index (χ0n) is 11.2. The van der Waals surface area contributed by atoms with E-state index >= 15 is 0 Å². The maximum atomic E-state index is 12.8. The molecule has 3 rings (SSSR count). The average Bonchev–Trinajstić information content (AvgIpc) is 2.88. The van der Waals surface area contributed by atoms with E-state index in [2.05, 4.69) is 5.10 Å². The first-order valence-corrected chi connectivity index (χ1v) is 7.06. The number of carbonyl (C=O) groups is 1. The second-order valence-electron chi connectivity index (χ2n) is 4.78.